The zero-order valence-corrected chi connectivity index (χ0v) is 13.7. The number of hydrogen-bond acceptors (Lipinski definition) is 2. The highest BCUT2D eigenvalue weighted by atomic mass is 35.5. The van der Waals surface area contributed by atoms with Gasteiger partial charge in [0, 0.05) is 36.1 Å². The molecule has 0 spiro atoms. The fraction of sp³-hybridized carbons (Fsp3) is 0.529. The van der Waals surface area contributed by atoms with Crippen molar-refractivity contribution in [3.63, 3.8) is 0 Å². The number of likely N-dealkylation sites (tertiary alicyclic amines) is 1. The minimum Gasteiger partial charge on any atom is -0.352 e. The van der Waals surface area contributed by atoms with Crippen molar-refractivity contribution < 1.29 is 9.59 Å². The summed E-state index contributed by atoms with van der Waals surface area (Å²) in [5, 5.41) is 3.44. The van der Waals surface area contributed by atoms with Gasteiger partial charge in [0.15, 0.2) is 0 Å². The number of amides is 2. The third-order valence-corrected chi connectivity index (χ3v) is 4.33. The molecule has 4 nitrogen and oxygen atoms in total. The molecule has 0 saturated carbocycles. The van der Waals surface area contributed by atoms with Gasteiger partial charge in [-0.3, -0.25) is 9.59 Å². The van der Waals surface area contributed by atoms with Crippen molar-refractivity contribution >= 4 is 23.4 Å². The molecule has 0 unspecified atom stereocenters. The van der Waals surface area contributed by atoms with E-state index in [4.69, 9.17) is 11.6 Å². The number of benzene rings is 1. The molecule has 1 aliphatic rings. The second kappa shape index (κ2) is 8.18. The average Bonchev–Trinajstić information content (AvgIpc) is 2.52. The summed E-state index contributed by atoms with van der Waals surface area (Å²) in [6, 6.07) is 7.12. The molecular formula is C17H23ClN2O2. The van der Waals surface area contributed by atoms with Crippen LogP contribution in [-0.2, 0) is 4.79 Å². The predicted octanol–water partition coefficient (Wildman–Crippen LogP) is 3.25. The minimum atomic E-state index is -0.129. The van der Waals surface area contributed by atoms with Crippen LogP contribution in [-0.4, -0.2) is 35.8 Å². The Morgan fingerprint density at radius 2 is 2.00 bits per heavy atom. The lowest BCUT2D eigenvalue weighted by atomic mass is 10.0. The summed E-state index contributed by atoms with van der Waals surface area (Å²) in [5.74, 6) is 0.0726. The second-order valence-corrected chi connectivity index (χ2v) is 6.23. The van der Waals surface area contributed by atoms with Gasteiger partial charge in [0.2, 0.25) is 5.91 Å². The normalized spacial score (nSPS) is 18.1. The Morgan fingerprint density at radius 3 is 2.68 bits per heavy atom. The van der Waals surface area contributed by atoms with Crippen LogP contribution in [0.4, 0.5) is 0 Å². The van der Waals surface area contributed by atoms with Crippen LogP contribution in [0.15, 0.2) is 24.3 Å². The SMILES string of the molecule is C[C@H]1CCCCN1C(=O)CCCNC(=O)c1ccc(Cl)cc1. The summed E-state index contributed by atoms with van der Waals surface area (Å²) in [4.78, 5) is 26.0. The standard InChI is InChI=1S/C17H23ClN2O2/c1-13-5-2-3-12-20(13)16(21)6-4-11-19-17(22)14-7-9-15(18)10-8-14/h7-10,13H,2-6,11-12H2,1H3,(H,19,22)/t13-/m0/s1. The van der Waals surface area contributed by atoms with Crippen LogP contribution in [0.2, 0.25) is 5.02 Å². The Labute approximate surface area is 136 Å². The van der Waals surface area contributed by atoms with E-state index in [0.717, 1.165) is 19.4 Å². The van der Waals surface area contributed by atoms with E-state index in [-0.39, 0.29) is 11.8 Å². The van der Waals surface area contributed by atoms with Crippen molar-refractivity contribution in [3.05, 3.63) is 34.9 Å². The number of carbonyl (C=O) groups is 2. The summed E-state index contributed by atoms with van der Waals surface area (Å²) < 4.78 is 0. The van der Waals surface area contributed by atoms with Gasteiger partial charge >= 0.3 is 0 Å². The lowest BCUT2D eigenvalue weighted by Gasteiger charge is -2.33. The predicted molar refractivity (Wildman–Crippen MR) is 88.0 cm³/mol. The van der Waals surface area contributed by atoms with E-state index < -0.39 is 0 Å². The molecule has 1 atom stereocenters. The van der Waals surface area contributed by atoms with Gasteiger partial charge in [-0.25, -0.2) is 0 Å². The second-order valence-electron chi connectivity index (χ2n) is 5.80. The van der Waals surface area contributed by atoms with E-state index in [1.165, 1.54) is 6.42 Å². The molecule has 1 heterocycles. The summed E-state index contributed by atoms with van der Waals surface area (Å²) in [7, 11) is 0. The monoisotopic (exact) mass is 322 g/mol. The first kappa shape index (κ1) is 16.8. The zero-order chi connectivity index (χ0) is 15.9. The quantitative estimate of drug-likeness (QED) is 0.846. The first-order valence-electron chi connectivity index (χ1n) is 7.91. The topological polar surface area (TPSA) is 49.4 Å². The van der Waals surface area contributed by atoms with Gasteiger partial charge in [-0.15, -0.1) is 0 Å². The van der Waals surface area contributed by atoms with E-state index in [0.29, 0.717) is 36.0 Å². The van der Waals surface area contributed by atoms with Crippen LogP contribution in [0, 0.1) is 0 Å². The molecule has 1 fully saturated rings. The number of carbonyl (C=O) groups excluding carboxylic acids is 2. The number of nitrogens with one attached hydrogen (secondary N) is 1. The number of hydrogen-bond donors (Lipinski definition) is 1. The van der Waals surface area contributed by atoms with Gasteiger partial charge in [-0.1, -0.05) is 11.6 Å². The van der Waals surface area contributed by atoms with Crippen molar-refractivity contribution in [1.82, 2.24) is 10.2 Å². The summed E-state index contributed by atoms with van der Waals surface area (Å²) in [6.07, 6.45) is 4.57. The van der Waals surface area contributed by atoms with Gasteiger partial charge in [0.1, 0.15) is 0 Å². The van der Waals surface area contributed by atoms with Gasteiger partial charge in [-0.2, -0.15) is 0 Å². The van der Waals surface area contributed by atoms with Gasteiger partial charge in [0.05, 0.1) is 0 Å². The molecule has 1 aromatic rings. The molecule has 22 heavy (non-hydrogen) atoms. The largest absolute Gasteiger partial charge is 0.352 e. The molecular weight excluding hydrogens is 300 g/mol. The first-order chi connectivity index (χ1) is 10.6. The smallest absolute Gasteiger partial charge is 0.251 e. The number of nitrogens with zero attached hydrogens (tertiary/aromatic N) is 1. The molecule has 1 aliphatic heterocycles. The maximum absolute atomic E-state index is 12.2. The summed E-state index contributed by atoms with van der Waals surface area (Å²) in [5.41, 5.74) is 0.584. The van der Waals surface area contributed by atoms with Crippen molar-refractivity contribution in [2.45, 2.75) is 45.1 Å². The Bertz CT molecular complexity index is 516. The minimum absolute atomic E-state index is 0.129. The molecule has 2 amide bonds. The Balaban J connectivity index is 1.69. The molecule has 1 N–H and O–H groups in total. The lowest BCUT2D eigenvalue weighted by molar-refractivity contribution is -0.134. The molecule has 120 valence electrons. The van der Waals surface area contributed by atoms with Crippen LogP contribution >= 0.6 is 11.6 Å². The van der Waals surface area contributed by atoms with Crippen molar-refractivity contribution in [1.29, 1.82) is 0 Å². The molecule has 0 bridgehead atoms. The molecule has 0 radical (unpaired) electrons. The fourth-order valence-electron chi connectivity index (χ4n) is 2.76. The van der Waals surface area contributed by atoms with Crippen LogP contribution in [0.5, 0.6) is 0 Å². The Kier molecular flexibility index (Phi) is 6.25. The molecule has 2 rings (SSSR count). The molecule has 1 saturated heterocycles. The third-order valence-electron chi connectivity index (χ3n) is 4.08. The van der Waals surface area contributed by atoms with Gasteiger partial charge < -0.3 is 10.2 Å². The highest BCUT2D eigenvalue weighted by Gasteiger charge is 2.22. The highest BCUT2D eigenvalue weighted by molar-refractivity contribution is 6.30. The molecule has 5 heteroatoms. The summed E-state index contributed by atoms with van der Waals surface area (Å²) >= 11 is 5.79. The number of rotatable bonds is 5. The Hall–Kier alpha value is -1.55. The molecule has 0 aliphatic carbocycles. The number of piperidine rings is 1. The zero-order valence-electron chi connectivity index (χ0n) is 13.0. The van der Waals surface area contributed by atoms with Gasteiger partial charge in [-0.05, 0) is 56.9 Å². The fourth-order valence-corrected chi connectivity index (χ4v) is 2.88. The van der Waals surface area contributed by atoms with Crippen molar-refractivity contribution in [2.75, 3.05) is 13.1 Å². The van der Waals surface area contributed by atoms with Crippen LogP contribution in [0.3, 0.4) is 0 Å². The maximum atomic E-state index is 12.2. The average molecular weight is 323 g/mol. The van der Waals surface area contributed by atoms with Crippen molar-refractivity contribution in [3.8, 4) is 0 Å². The lowest BCUT2D eigenvalue weighted by Crippen LogP contribution is -2.42. The Morgan fingerprint density at radius 1 is 1.27 bits per heavy atom. The third kappa shape index (κ3) is 4.73. The molecule has 1 aromatic carbocycles. The van der Waals surface area contributed by atoms with E-state index >= 15 is 0 Å². The van der Waals surface area contributed by atoms with E-state index in [1.54, 1.807) is 24.3 Å². The van der Waals surface area contributed by atoms with Crippen LogP contribution in [0.25, 0.3) is 0 Å². The highest BCUT2D eigenvalue weighted by Crippen LogP contribution is 2.17. The van der Waals surface area contributed by atoms with Crippen molar-refractivity contribution in [2.24, 2.45) is 0 Å². The van der Waals surface area contributed by atoms with E-state index in [9.17, 15) is 9.59 Å². The van der Waals surface area contributed by atoms with E-state index in [1.807, 2.05) is 4.90 Å². The van der Waals surface area contributed by atoms with Gasteiger partial charge in [0.25, 0.3) is 5.91 Å². The molecule has 0 aromatic heterocycles. The first-order valence-corrected chi connectivity index (χ1v) is 8.29. The number of halogens is 1. The van der Waals surface area contributed by atoms with E-state index in [2.05, 4.69) is 12.2 Å². The van der Waals surface area contributed by atoms with Crippen LogP contribution < -0.4 is 5.32 Å². The maximum Gasteiger partial charge on any atom is 0.251 e. The summed E-state index contributed by atoms with van der Waals surface area (Å²) in [6.45, 7) is 3.49. The van der Waals surface area contributed by atoms with Crippen LogP contribution in [0.1, 0.15) is 49.4 Å².